The Balaban J connectivity index is 1.32. The van der Waals surface area contributed by atoms with Crippen LogP contribution in [0.25, 0.3) is 0 Å². The van der Waals surface area contributed by atoms with E-state index in [0.29, 0.717) is 10.8 Å². The molecular formula is C30H31ClF3N9O5. The van der Waals surface area contributed by atoms with Crippen LogP contribution in [0.4, 0.5) is 36.4 Å². The van der Waals surface area contributed by atoms with E-state index in [1.54, 1.807) is 45.0 Å². The summed E-state index contributed by atoms with van der Waals surface area (Å²) >= 11 is 5.92. The molecule has 0 bridgehead atoms. The second kappa shape index (κ2) is 15.4. The number of pyridine rings is 1. The van der Waals surface area contributed by atoms with Crippen LogP contribution in [0.2, 0.25) is 5.02 Å². The summed E-state index contributed by atoms with van der Waals surface area (Å²) in [5.74, 6) is -1.18. The zero-order chi connectivity index (χ0) is 34.9. The van der Waals surface area contributed by atoms with Gasteiger partial charge in [0.05, 0.1) is 5.56 Å². The zero-order valence-corrected chi connectivity index (χ0v) is 26.6. The van der Waals surface area contributed by atoms with E-state index < -0.39 is 41.9 Å². The van der Waals surface area contributed by atoms with E-state index in [9.17, 15) is 27.6 Å². The number of ether oxygens (including phenoxy) is 1. The van der Waals surface area contributed by atoms with E-state index in [4.69, 9.17) is 20.9 Å². The number of rotatable bonds is 13. The molecule has 0 aliphatic rings. The number of nitrogens with one attached hydrogen (secondary N) is 5. The number of hydrogen-bond acceptors (Lipinski definition) is 11. The zero-order valence-electron chi connectivity index (χ0n) is 25.9. The first-order valence-electron chi connectivity index (χ1n) is 14.2. The highest BCUT2D eigenvalue weighted by Crippen LogP contribution is 2.23. The van der Waals surface area contributed by atoms with Gasteiger partial charge in [-0.15, -0.1) is 0 Å². The van der Waals surface area contributed by atoms with Crippen LogP contribution >= 0.6 is 11.6 Å². The maximum absolute atomic E-state index is 12.8. The number of halogens is 4. The molecule has 3 heterocycles. The highest BCUT2D eigenvalue weighted by Gasteiger charge is 2.29. The number of aryl methyl sites for hydroxylation is 1. The van der Waals surface area contributed by atoms with Gasteiger partial charge in [-0.1, -0.05) is 42.7 Å². The van der Waals surface area contributed by atoms with E-state index in [2.05, 4.69) is 46.7 Å². The van der Waals surface area contributed by atoms with Crippen LogP contribution in [0.1, 0.15) is 35.5 Å². The molecular weight excluding hydrogens is 659 g/mol. The van der Waals surface area contributed by atoms with Gasteiger partial charge >= 0.3 is 24.0 Å². The molecule has 3 aromatic heterocycles. The van der Waals surface area contributed by atoms with Crippen molar-refractivity contribution >= 4 is 52.6 Å². The Morgan fingerprint density at radius 3 is 2.25 bits per heavy atom. The van der Waals surface area contributed by atoms with Crippen LogP contribution in [0, 0.1) is 12.3 Å². The van der Waals surface area contributed by atoms with Crippen molar-refractivity contribution in [3.8, 4) is 6.01 Å². The minimum atomic E-state index is -4.60. The number of amides is 3. The smallest absolute Gasteiger partial charge is 0.422 e. The molecule has 14 nitrogen and oxygen atoms in total. The van der Waals surface area contributed by atoms with Gasteiger partial charge in [0.2, 0.25) is 0 Å². The molecule has 48 heavy (non-hydrogen) atoms. The number of alkyl halides is 3. The summed E-state index contributed by atoms with van der Waals surface area (Å²) in [6.45, 7) is 4.12. The first-order valence-corrected chi connectivity index (χ1v) is 14.6. The second-order valence-corrected chi connectivity index (χ2v) is 11.6. The number of carbonyl (C=O) groups is 3. The van der Waals surface area contributed by atoms with Crippen LogP contribution in [0.15, 0.2) is 59.3 Å². The van der Waals surface area contributed by atoms with Crippen LogP contribution in [0.3, 0.4) is 0 Å². The third kappa shape index (κ3) is 11.4. The van der Waals surface area contributed by atoms with E-state index in [-0.39, 0.29) is 48.5 Å². The van der Waals surface area contributed by atoms with Crippen LogP contribution in [0.5, 0.6) is 6.01 Å². The number of aromatic nitrogens is 4. The number of hydrogen-bond donors (Lipinski definition) is 5. The molecule has 0 aliphatic carbocycles. The molecule has 4 aromatic rings. The van der Waals surface area contributed by atoms with Crippen molar-refractivity contribution in [3.63, 3.8) is 0 Å². The van der Waals surface area contributed by atoms with Crippen molar-refractivity contribution in [1.82, 2.24) is 30.7 Å². The van der Waals surface area contributed by atoms with E-state index in [0.717, 1.165) is 5.56 Å². The highest BCUT2D eigenvalue weighted by atomic mass is 35.5. The molecule has 0 saturated carbocycles. The standard InChI is InChI=1S/C30H31ClF3N9O5/c1-17-10-24(43-48-17)40-27(46)26(45)38-15-29(2,3)14-37-25(44)19-6-9-21(36-13-19)39-23-11-22(35-12-18-4-7-20(31)8-5-18)41-28(42-23)47-16-30(32,33)34/h4-11,13H,12,14-16H2,1-3H3,(H,37,44)(H,38,45)(H,40,43,46)(H2,35,36,39,41,42). The van der Waals surface area contributed by atoms with Crippen molar-refractivity contribution in [2.24, 2.45) is 5.41 Å². The normalized spacial score (nSPS) is 11.4. The molecule has 0 radical (unpaired) electrons. The number of carbonyl (C=O) groups excluding carboxylic acids is 3. The van der Waals surface area contributed by atoms with E-state index in [1.165, 1.54) is 30.5 Å². The SMILES string of the molecule is Cc1cc(NC(=O)C(=O)NCC(C)(C)CNC(=O)c2ccc(Nc3cc(NCc4ccc(Cl)cc4)nc(OCC(F)(F)F)n3)nc2)no1. The van der Waals surface area contributed by atoms with Gasteiger partial charge < -0.3 is 30.5 Å². The maximum atomic E-state index is 12.8. The average Bonchev–Trinajstić information content (AvgIpc) is 3.45. The molecule has 0 aliphatic heterocycles. The fourth-order valence-corrected chi connectivity index (χ4v) is 3.93. The number of anilines is 4. The van der Waals surface area contributed by atoms with Crippen LogP contribution in [-0.4, -0.2) is 63.7 Å². The Hall–Kier alpha value is -5.45. The molecule has 0 unspecified atom stereocenters. The summed E-state index contributed by atoms with van der Waals surface area (Å²) in [6.07, 6.45) is -3.30. The van der Waals surface area contributed by atoms with Gasteiger partial charge in [-0.05, 0) is 42.2 Å². The lowest BCUT2D eigenvalue weighted by molar-refractivity contribution is -0.154. The van der Waals surface area contributed by atoms with Crippen molar-refractivity contribution in [3.05, 3.63) is 76.6 Å². The maximum Gasteiger partial charge on any atom is 0.422 e. The Morgan fingerprint density at radius 1 is 0.896 bits per heavy atom. The quantitative estimate of drug-likeness (QED) is 0.123. The monoisotopic (exact) mass is 689 g/mol. The fraction of sp³-hybridized carbons (Fsp3) is 0.300. The molecule has 3 amide bonds. The van der Waals surface area contributed by atoms with E-state index in [1.807, 2.05) is 0 Å². The first-order chi connectivity index (χ1) is 22.6. The minimum absolute atomic E-state index is 0.0721. The van der Waals surface area contributed by atoms with Gasteiger partial charge in [0.25, 0.3) is 5.91 Å². The molecule has 0 fully saturated rings. The Morgan fingerprint density at radius 2 is 1.60 bits per heavy atom. The average molecular weight is 690 g/mol. The Bertz CT molecular complexity index is 1730. The summed E-state index contributed by atoms with van der Waals surface area (Å²) in [5.41, 5.74) is 0.420. The lowest BCUT2D eigenvalue weighted by Gasteiger charge is -2.25. The van der Waals surface area contributed by atoms with Gasteiger partial charge in [0, 0.05) is 43.0 Å². The number of nitrogens with zero attached hydrogens (tertiary/aromatic N) is 4. The lowest BCUT2D eigenvalue weighted by Crippen LogP contribution is -2.45. The van der Waals surface area contributed by atoms with Gasteiger partial charge in [-0.25, -0.2) is 4.98 Å². The van der Waals surface area contributed by atoms with E-state index >= 15 is 0 Å². The van der Waals surface area contributed by atoms with Gasteiger partial charge in [-0.3, -0.25) is 19.7 Å². The van der Waals surface area contributed by atoms with Crippen molar-refractivity contribution in [1.29, 1.82) is 0 Å². The summed E-state index contributed by atoms with van der Waals surface area (Å²) in [7, 11) is 0. The van der Waals surface area contributed by atoms with Crippen molar-refractivity contribution < 1.29 is 36.8 Å². The lowest BCUT2D eigenvalue weighted by atomic mass is 9.93. The van der Waals surface area contributed by atoms with Crippen LogP contribution < -0.4 is 31.3 Å². The fourth-order valence-electron chi connectivity index (χ4n) is 3.80. The molecule has 18 heteroatoms. The summed E-state index contributed by atoms with van der Waals surface area (Å²) in [4.78, 5) is 49.2. The molecule has 1 aromatic carbocycles. The Kier molecular flexibility index (Phi) is 11.4. The molecule has 0 atom stereocenters. The minimum Gasteiger partial charge on any atom is -0.454 e. The van der Waals surface area contributed by atoms with Crippen molar-refractivity contribution in [2.75, 3.05) is 35.6 Å². The molecule has 4 rings (SSSR count). The third-order valence-electron chi connectivity index (χ3n) is 6.27. The van der Waals surface area contributed by atoms with Gasteiger partial charge in [-0.2, -0.15) is 23.1 Å². The topological polar surface area (TPSA) is 185 Å². The third-order valence-corrected chi connectivity index (χ3v) is 6.52. The largest absolute Gasteiger partial charge is 0.454 e. The van der Waals surface area contributed by atoms with Gasteiger partial charge in [0.15, 0.2) is 12.4 Å². The van der Waals surface area contributed by atoms with Crippen LogP contribution in [-0.2, 0) is 16.1 Å². The summed E-state index contributed by atoms with van der Waals surface area (Å²) in [6, 6.07) is 12.3. The Labute approximate surface area is 277 Å². The highest BCUT2D eigenvalue weighted by molar-refractivity contribution is 6.39. The predicted octanol–water partition coefficient (Wildman–Crippen LogP) is 4.63. The van der Waals surface area contributed by atoms with Gasteiger partial charge in [0.1, 0.15) is 23.2 Å². The summed E-state index contributed by atoms with van der Waals surface area (Å²) in [5, 5.41) is 17.6. The number of benzene rings is 1. The first kappa shape index (κ1) is 35.4. The summed E-state index contributed by atoms with van der Waals surface area (Å²) < 4.78 is 47.9. The van der Waals surface area contributed by atoms with Crippen molar-refractivity contribution in [2.45, 2.75) is 33.5 Å². The predicted molar refractivity (Wildman–Crippen MR) is 169 cm³/mol. The molecule has 5 N–H and O–H groups in total. The second-order valence-electron chi connectivity index (χ2n) is 11.2. The molecule has 254 valence electrons. The molecule has 0 saturated heterocycles. The molecule has 0 spiro atoms.